The van der Waals surface area contributed by atoms with E-state index >= 15 is 0 Å². The molecule has 2 atom stereocenters. The number of aromatic carboxylic acids is 1. The maximum Gasteiger partial charge on any atom is 0.336 e. The highest BCUT2D eigenvalue weighted by Crippen LogP contribution is 2.34. The fraction of sp³-hybridized carbons (Fsp3) is 0.304. The zero-order chi connectivity index (χ0) is 19.5. The number of piperidine rings is 1. The third-order valence-corrected chi connectivity index (χ3v) is 5.66. The van der Waals surface area contributed by atoms with Gasteiger partial charge >= 0.3 is 5.97 Å². The standard InChI is InChI=1S/C23H25N3O2/c1-25-13-11-21(18(16-25)15-17-7-3-2-4-8-17)26-14-12-24-22(26)19-9-5-6-10-20(19)23(27)28/h2-10,12,14,18,21H,11,13,15-16H2,1H3,(H,27,28)/t18-,21+/m0/s1. The molecule has 28 heavy (non-hydrogen) atoms. The average Bonchev–Trinajstić information content (AvgIpc) is 3.18. The van der Waals surface area contributed by atoms with Crippen molar-refractivity contribution in [2.75, 3.05) is 20.1 Å². The van der Waals surface area contributed by atoms with Gasteiger partial charge in [-0.15, -0.1) is 0 Å². The third kappa shape index (κ3) is 3.71. The zero-order valence-electron chi connectivity index (χ0n) is 16.0. The molecule has 5 heteroatoms. The second-order valence-corrected chi connectivity index (χ2v) is 7.58. The van der Waals surface area contributed by atoms with Gasteiger partial charge in [-0.25, -0.2) is 9.78 Å². The summed E-state index contributed by atoms with van der Waals surface area (Å²) in [6, 6.07) is 18.0. The first kappa shape index (κ1) is 18.4. The number of carboxylic acids is 1. The van der Waals surface area contributed by atoms with E-state index in [4.69, 9.17) is 0 Å². The zero-order valence-corrected chi connectivity index (χ0v) is 16.0. The summed E-state index contributed by atoms with van der Waals surface area (Å²) in [4.78, 5) is 18.6. The number of hydrogen-bond donors (Lipinski definition) is 1. The number of hydrogen-bond acceptors (Lipinski definition) is 3. The Morgan fingerprint density at radius 2 is 1.89 bits per heavy atom. The van der Waals surface area contributed by atoms with Crippen molar-refractivity contribution < 1.29 is 9.90 Å². The van der Waals surface area contributed by atoms with Gasteiger partial charge in [0, 0.05) is 30.5 Å². The average molecular weight is 375 g/mol. The molecule has 5 nitrogen and oxygen atoms in total. The molecule has 2 heterocycles. The van der Waals surface area contributed by atoms with Crippen LogP contribution in [0.1, 0.15) is 28.4 Å². The number of imidazole rings is 1. The van der Waals surface area contributed by atoms with E-state index in [1.165, 1.54) is 5.56 Å². The van der Waals surface area contributed by atoms with Crippen LogP contribution in [0.3, 0.4) is 0 Å². The minimum atomic E-state index is -0.922. The van der Waals surface area contributed by atoms with Crippen molar-refractivity contribution in [1.82, 2.24) is 14.5 Å². The molecule has 0 unspecified atom stereocenters. The van der Waals surface area contributed by atoms with E-state index in [0.29, 0.717) is 17.0 Å². The predicted molar refractivity (Wildman–Crippen MR) is 109 cm³/mol. The van der Waals surface area contributed by atoms with Gasteiger partial charge in [0.05, 0.1) is 5.56 Å². The Labute approximate surface area is 165 Å². The van der Waals surface area contributed by atoms with E-state index in [1.54, 1.807) is 18.3 Å². The van der Waals surface area contributed by atoms with Crippen LogP contribution in [0.2, 0.25) is 0 Å². The Kier molecular flexibility index (Phi) is 5.26. The predicted octanol–water partition coefficient (Wildman–Crippen LogP) is 3.98. The molecule has 1 aliphatic rings. The summed E-state index contributed by atoms with van der Waals surface area (Å²) in [6.07, 6.45) is 5.80. The van der Waals surface area contributed by atoms with Gasteiger partial charge in [-0.05, 0) is 44.0 Å². The van der Waals surface area contributed by atoms with Crippen molar-refractivity contribution in [2.24, 2.45) is 5.92 Å². The van der Waals surface area contributed by atoms with Crippen LogP contribution in [0.4, 0.5) is 0 Å². The van der Waals surface area contributed by atoms with Gasteiger partial charge in [-0.2, -0.15) is 0 Å². The molecule has 1 aliphatic heterocycles. The van der Waals surface area contributed by atoms with Gasteiger partial charge in [0.2, 0.25) is 0 Å². The number of rotatable bonds is 5. The summed E-state index contributed by atoms with van der Waals surface area (Å²) in [5, 5.41) is 9.60. The van der Waals surface area contributed by atoms with Crippen molar-refractivity contribution in [3.8, 4) is 11.4 Å². The summed E-state index contributed by atoms with van der Waals surface area (Å²) in [6.45, 7) is 2.03. The van der Waals surface area contributed by atoms with Crippen LogP contribution in [-0.2, 0) is 6.42 Å². The molecule has 0 saturated carbocycles. The molecule has 1 fully saturated rings. The summed E-state index contributed by atoms with van der Waals surface area (Å²) in [5.74, 6) is 0.256. The highest BCUT2D eigenvalue weighted by Gasteiger charge is 2.31. The summed E-state index contributed by atoms with van der Waals surface area (Å²) >= 11 is 0. The number of benzene rings is 2. The summed E-state index contributed by atoms with van der Waals surface area (Å²) in [5.41, 5.74) is 2.31. The molecule has 0 radical (unpaired) electrons. The summed E-state index contributed by atoms with van der Waals surface area (Å²) < 4.78 is 2.20. The quantitative estimate of drug-likeness (QED) is 0.733. The van der Waals surface area contributed by atoms with Crippen molar-refractivity contribution >= 4 is 5.97 Å². The molecule has 0 amide bonds. The number of likely N-dealkylation sites (tertiary alicyclic amines) is 1. The van der Waals surface area contributed by atoms with Gasteiger partial charge in [-0.3, -0.25) is 0 Å². The van der Waals surface area contributed by atoms with Crippen molar-refractivity contribution in [2.45, 2.75) is 18.9 Å². The highest BCUT2D eigenvalue weighted by atomic mass is 16.4. The first-order valence-electron chi connectivity index (χ1n) is 9.71. The molecule has 0 spiro atoms. The first-order chi connectivity index (χ1) is 13.6. The van der Waals surface area contributed by atoms with Crippen LogP contribution in [-0.4, -0.2) is 45.7 Å². The third-order valence-electron chi connectivity index (χ3n) is 5.66. The SMILES string of the molecule is CN1CC[C@@H](n2ccnc2-c2ccccc2C(=O)O)[C@@H](Cc2ccccc2)C1. The van der Waals surface area contributed by atoms with Crippen LogP contribution in [0.25, 0.3) is 11.4 Å². The lowest BCUT2D eigenvalue weighted by molar-refractivity contribution is 0.0697. The second-order valence-electron chi connectivity index (χ2n) is 7.58. The monoisotopic (exact) mass is 375 g/mol. The molecule has 0 aliphatic carbocycles. The second kappa shape index (κ2) is 7.98. The van der Waals surface area contributed by atoms with Crippen molar-refractivity contribution in [1.29, 1.82) is 0 Å². The van der Waals surface area contributed by atoms with E-state index in [2.05, 4.69) is 45.8 Å². The molecule has 2 aromatic carbocycles. The molecular formula is C23H25N3O2. The van der Waals surface area contributed by atoms with Gasteiger partial charge < -0.3 is 14.6 Å². The molecule has 1 aromatic heterocycles. The van der Waals surface area contributed by atoms with Gasteiger partial charge in [0.1, 0.15) is 5.82 Å². The molecule has 0 bridgehead atoms. The van der Waals surface area contributed by atoms with Crippen molar-refractivity contribution in [3.05, 3.63) is 78.1 Å². The maximum atomic E-state index is 11.7. The Morgan fingerprint density at radius 1 is 1.14 bits per heavy atom. The number of nitrogens with zero attached hydrogens (tertiary/aromatic N) is 3. The molecule has 4 rings (SSSR count). The lowest BCUT2D eigenvalue weighted by atomic mass is 9.86. The number of aromatic nitrogens is 2. The van der Waals surface area contributed by atoms with Crippen LogP contribution in [0.15, 0.2) is 67.0 Å². The number of carbonyl (C=O) groups is 1. The van der Waals surface area contributed by atoms with Gasteiger partial charge in [0.25, 0.3) is 0 Å². The smallest absolute Gasteiger partial charge is 0.336 e. The van der Waals surface area contributed by atoms with Crippen LogP contribution >= 0.6 is 0 Å². The van der Waals surface area contributed by atoms with Gasteiger partial charge in [0.15, 0.2) is 0 Å². The molecule has 1 saturated heterocycles. The van der Waals surface area contributed by atoms with Crippen molar-refractivity contribution in [3.63, 3.8) is 0 Å². The fourth-order valence-electron chi connectivity index (χ4n) is 4.34. The minimum absolute atomic E-state index is 0.288. The van der Waals surface area contributed by atoms with Gasteiger partial charge in [-0.1, -0.05) is 48.5 Å². The first-order valence-corrected chi connectivity index (χ1v) is 9.71. The van der Waals surface area contributed by atoms with Crippen LogP contribution in [0, 0.1) is 5.92 Å². The maximum absolute atomic E-state index is 11.7. The Bertz CT molecular complexity index is 951. The fourth-order valence-corrected chi connectivity index (χ4v) is 4.34. The lowest BCUT2D eigenvalue weighted by Gasteiger charge is -2.38. The van der Waals surface area contributed by atoms with E-state index in [9.17, 15) is 9.90 Å². The van der Waals surface area contributed by atoms with Crippen LogP contribution in [0.5, 0.6) is 0 Å². The van der Waals surface area contributed by atoms with E-state index in [0.717, 1.165) is 31.8 Å². The number of carboxylic acid groups (broad SMARTS) is 1. The molecule has 3 aromatic rings. The van der Waals surface area contributed by atoms with E-state index < -0.39 is 5.97 Å². The normalized spacial score (nSPS) is 20.2. The molecule has 1 N–H and O–H groups in total. The minimum Gasteiger partial charge on any atom is -0.478 e. The Hall–Kier alpha value is -2.92. The van der Waals surface area contributed by atoms with E-state index in [1.807, 2.05) is 24.4 Å². The largest absolute Gasteiger partial charge is 0.478 e. The highest BCUT2D eigenvalue weighted by molar-refractivity contribution is 5.95. The molecular weight excluding hydrogens is 350 g/mol. The van der Waals surface area contributed by atoms with E-state index in [-0.39, 0.29) is 6.04 Å². The summed E-state index contributed by atoms with van der Waals surface area (Å²) in [7, 11) is 2.17. The molecule has 144 valence electrons. The Balaban J connectivity index is 1.70. The van der Waals surface area contributed by atoms with Crippen LogP contribution < -0.4 is 0 Å². The Morgan fingerprint density at radius 3 is 2.68 bits per heavy atom. The lowest BCUT2D eigenvalue weighted by Crippen LogP contribution is -2.40. The topological polar surface area (TPSA) is 58.4 Å².